The highest BCUT2D eigenvalue weighted by molar-refractivity contribution is 5.96. The van der Waals surface area contributed by atoms with Crippen LogP contribution in [0.4, 0.5) is 5.69 Å². The summed E-state index contributed by atoms with van der Waals surface area (Å²) in [4.78, 5) is 24.1. The predicted octanol–water partition coefficient (Wildman–Crippen LogP) is 1.51. The first kappa shape index (κ1) is 15.6. The summed E-state index contributed by atoms with van der Waals surface area (Å²) >= 11 is 0. The number of carbonyl (C=O) groups is 1. The van der Waals surface area contributed by atoms with Crippen LogP contribution < -0.4 is 0 Å². The Labute approximate surface area is 126 Å². The number of aliphatic hydroxyl groups is 1. The lowest BCUT2D eigenvalue weighted by Gasteiger charge is -2.27. The van der Waals surface area contributed by atoms with Crippen LogP contribution >= 0.6 is 0 Å². The molecule has 1 atom stereocenters. The second-order valence-electron chi connectivity index (χ2n) is 4.74. The Kier molecular flexibility index (Phi) is 4.84. The molecule has 0 aliphatic rings. The van der Waals surface area contributed by atoms with Gasteiger partial charge in [-0.15, -0.1) is 0 Å². The normalized spacial score (nSPS) is 11.9. The maximum atomic E-state index is 12.5. The van der Waals surface area contributed by atoms with Crippen molar-refractivity contribution in [2.75, 3.05) is 13.7 Å². The number of nitro groups is 1. The predicted molar refractivity (Wildman–Crippen MR) is 78.2 cm³/mol. The van der Waals surface area contributed by atoms with E-state index in [9.17, 15) is 20.0 Å². The van der Waals surface area contributed by atoms with Crippen LogP contribution in [0.15, 0.2) is 36.5 Å². The lowest BCUT2D eigenvalue weighted by molar-refractivity contribution is -0.385. The molecule has 0 saturated heterocycles. The van der Waals surface area contributed by atoms with E-state index in [1.807, 2.05) is 30.3 Å². The van der Waals surface area contributed by atoms with E-state index in [2.05, 4.69) is 10.2 Å². The molecule has 0 saturated carbocycles. The van der Waals surface area contributed by atoms with Crippen LogP contribution in [-0.4, -0.2) is 44.7 Å². The minimum Gasteiger partial charge on any atom is -0.396 e. The molecule has 22 heavy (non-hydrogen) atoms. The fourth-order valence-corrected chi connectivity index (χ4v) is 2.27. The summed E-state index contributed by atoms with van der Waals surface area (Å²) in [6, 6.07) is 8.80. The number of amides is 1. The Hall–Kier alpha value is -2.74. The van der Waals surface area contributed by atoms with Gasteiger partial charge in [-0.2, -0.15) is 5.10 Å². The number of aromatic amines is 1. The third-order valence-corrected chi connectivity index (χ3v) is 3.40. The Bertz CT molecular complexity index is 656. The smallest absolute Gasteiger partial charge is 0.319 e. The number of rotatable bonds is 6. The van der Waals surface area contributed by atoms with Gasteiger partial charge in [-0.25, -0.2) is 0 Å². The molecule has 1 unspecified atom stereocenters. The van der Waals surface area contributed by atoms with E-state index in [0.717, 1.165) is 11.8 Å². The second kappa shape index (κ2) is 6.81. The molecule has 2 aromatic rings. The van der Waals surface area contributed by atoms with Gasteiger partial charge in [-0.1, -0.05) is 30.3 Å². The highest BCUT2D eigenvalue weighted by Crippen LogP contribution is 2.26. The fraction of sp³-hybridized carbons (Fsp3) is 0.286. The Morgan fingerprint density at radius 3 is 2.73 bits per heavy atom. The molecule has 0 bridgehead atoms. The summed E-state index contributed by atoms with van der Waals surface area (Å²) in [6.07, 6.45) is 1.33. The Morgan fingerprint density at radius 1 is 1.45 bits per heavy atom. The van der Waals surface area contributed by atoms with Gasteiger partial charge in [0.25, 0.3) is 5.91 Å². The lowest BCUT2D eigenvalue weighted by atomic mass is 10.0. The van der Waals surface area contributed by atoms with Gasteiger partial charge >= 0.3 is 5.69 Å². The maximum absolute atomic E-state index is 12.5. The molecule has 1 aromatic heterocycles. The number of H-pyrrole nitrogens is 1. The van der Waals surface area contributed by atoms with Crippen molar-refractivity contribution < 1.29 is 14.8 Å². The molecule has 0 radical (unpaired) electrons. The van der Waals surface area contributed by atoms with Crippen molar-refractivity contribution in [3.05, 3.63) is 57.9 Å². The molecule has 1 aromatic carbocycles. The zero-order valence-electron chi connectivity index (χ0n) is 12.0. The summed E-state index contributed by atoms with van der Waals surface area (Å²) in [5.74, 6) is -0.550. The number of hydrogen-bond acceptors (Lipinski definition) is 5. The first-order chi connectivity index (χ1) is 10.6. The van der Waals surface area contributed by atoms with Gasteiger partial charge in [0.15, 0.2) is 0 Å². The first-order valence-electron chi connectivity index (χ1n) is 6.67. The van der Waals surface area contributed by atoms with E-state index in [1.54, 1.807) is 7.05 Å². The van der Waals surface area contributed by atoms with E-state index >= 15 is 0 Å². The number of aromatic nitrogens is 2. The SMILES string of the molecule is CN(C(=O)c1[nH]ncc1[N+](=O)[O-])C(CCO)c1ccccc1. The zero-order valence-corrected chi connectivity index (χ0v) is 12.0. The van der Waals surface area contributed by atoms with Crippen molar-refractivity contribution in [1.29, 1.82) is 0 Å². The Balaban J connectivity index is 2.30. The average molecular weight is 304 g/mol. The van der Waals surface area contributed by atoms with Crippen molar-refractivity contribution in [2.45, 2.75) is 12.5 Å². The van der Waals surface area contributed by atoms with Crippen LogP contribution in [0.5, 0.6) is 0 Å². The number of nitrogens with one attached hydrogen (secondary N) is 1. The third-order valence-electron chi connectivity index (χ3n) is 3.40. The van der Waals surface area contributed by atoms with Crippen LogP contribution in [0.1, 0.15) is 28.5 Å². The quantitative estimate of drug-likeness (QED) is 0.620. The molecule has 2 rings (SSSR count). The van der Waals surface area contributed by atoms with E-state index < -0.39 is 10.8 Å². The lowest BCUT2D eigenvalue weighted by Crippen LogP contribution is -2.32. The highest BCUT2D eigenvalue weighted by atomic mass is 16.6. The largest absolute Gasteiger partial charge is 0.396 e. The van der Waals surface area contributed by atoms with Gasteiger partial charge in [0.05, 0.1) is 11.0 Å². The molecule has 0 fully saturated rings. The maximum Gasteiger partial charge on any atom is 0.319 e. The molecule has 0 aliphatic carbocycles. The van der Waals surface area contributed by atoms with Crippen molar-refractivity contribution in [2.24, 2.45) is 0 Å². The molecule has 2 N–H and O–H groups in total. The highest BCUT2D eigenvalue weighted by Gasteiger charge is 2.29. The molecule has 116 valence electrons. The molecule has 8 heteroatoms. The van der Waals surface area contributed by atoms with Crippen LogP contribution in [0.3, 0.4) is 0 Å². The number of carbonyl (C=O) groups excluding carboxylic acids is 1. The van der Waals surface area contributed by atoms with Crippen molar-refractivity contribution >= 4 is 11.6 Å². The van der Waals surface area contributed by atoms with Crippen molar-refractivity contribution in [1.82, 2.24) is 15.1 Å². The molecule has 0 aliphatic heterocycles. The second-order valence-corrected chi connectivity index (χ2v) is 4.74. The molecule has 8 nitrogen and oxygen atoms in total. The van der Waals surface area contributed by atoms with Crippen LogP contribution in [0, 0.1) is 10.1 Å². The van der Waals surface area contributed by atoms with Gasteiger partial charge in [0.1, 0.15) is 6.20 Å². The molecular weight excluding hydrogens is 288 g/mol. The summed E-state index contributed by atoms with van der Waals surface area (Å²) in [5, 5.41) is 26.1. The average Bonchev–Trinajstić information content (AvgIpc) is 3.02. The first-order valence-corrected chi connectivity index (χ1v) is 6.67. The minimum atomic E-state index is -0.659. The summed E-state index contributed by atoms with van der Waals surface area (Å²) in [6.45, 7) is -0.109. The van der Waals surface area contributed by atoms with Crippen molar-refractivity contribution in [3.63, 3.8) is 0 Å². The van der Waals surface area contributed by atoms with E-state index in [-0.39, 0.29) is 24.0 Å². The van der Waals surface area contributed by atoms with Crippen LogP contribution in [-0.2, 0) is 0 Å². The Morgan fingerprint density at radius 2 is 2.14 bits per heavy atom. The molecule has 0 spiro atoms. The zero-order chi connectivity index (χ0) is 16.1. The van der Waals surface area contributed by atoms with Gasteiger partial charge < -0.3 is 10.0 Å². The van der Waals surface area contributed by atoms with Gasteiger partial charge in [0.2, 0.25) is 5.69 Å². The van der Waals surface area contributed by atoms with Gasteiger partial charge in [-0.3, -0.25) is 20.0 Å². The van der Waals surface area contributed by atoms with E-state index in [1.165, 1.54) is 4.90 Å². The van der Waals surface area contributed by atoms with E-state index in [4.69, 9.17) is 0 Å². The number of hydrogen-bond donors (Lipinski definition) is 2. The van der Waals surface area contributed by atoms with Crippen molar-refractivity contribution in [3.8, 4) is 0 Å². The molecule has 1 amide bonds. The monoisotopic (exact) mass is 304 g/mol. The summed E-state index contributed by atoms with van der Waals surface area (Å²) < 4.78 is 0. The summed E-state index contributed by atoms with van der Waals surface area (Å²) in [5.41, 5.74) is 0.300. The molecule has 1 heterocycles. The van der Waals surface area contributed by atoms with Crippen LogP contribution in [0.2, 0.25) is 0 Å². The van der Waals surface area contributed by atoms with E-state index in [0.29, 0.717) is 6.42 Å². The topological polar surface area (TPSA) is 112 Å². The van der Waals surface area contributed by atoms with Crippen LogP contribution in [0.25, 0.3) is 0 Å². The number of aliphatic hydroxyl groups excluding tert-OH is 1. The third kappa shape index (κ3) is 3.12. The fourth-order valence-electron chi connectivity index (χ4n) is 2.27. The summed E-state index contributed by atoms with van der Waals surface area (Å²) in [7, 11) is 1.54. The minimum absolute atomic E-state index is 0.109. The van der Waals surface area contributed by atoms with Gasteiger partial charge in [-0.05, 0) is 12.0 Å². The number of nitrogens with zero attached hydrogens (tertiary/aromatic N) is 3. The molecular formula is C14H16N4O4. The number of benzene rings is 1. The standard InChI is InChI=1S/C14H16N4O4/c1-17(11(7-8-19)10-5-3-2-4-6-10)14(20)13-12(18(21)22)9-15-16-13/h2-6,9,11,19H,7-8H2,1H3,(H,15,16). The van der Waals surface area contributed by atoms with Gasteiger partial charge in [0, 0.05) is 13.7 Å².